The average Bonchev–Trinajstić information content (AvgIpc) is 2.94. The average molecular weight is 267 g/mol. The van der Waals surface area contributed by atoms with Gasteiger partial charge >= 0.3 is 5.97 Å². The monoisotopic (exact) mass is 267 g/mol. The summed E-state index contributed by atoms with van der Waals surface area (Å²) in [5.41, 5.74) is 0. The van der Waals surface area contributed by atoms with E-state index >= 15 is 0 Å². The molecule has 5 heteroatoms. The molecule has 1 aliphatic heterocycles. The minimum Gasteiger partial charge on any atom is -0.463 e. The van der Waals surface area contributed by atoms with Gasteiger partial charge in [0.25, 0.3) is 0 Å². The molecular weight excluding hydrogens is 246 g/mol. The Morgan fingerprint density at radius 3 is 3.00 bits per heavy atom. The van der Waals surface area contributed by atoms with E-state index in [1.165, 1.54) is 7.11 Å². The quantitative estimate of drug-likeness (QED) is 0.829. The van der Waals surface area contributed by atoms with Gasteiger partial charge in [-0.3, -0.25) is 0 Å². The highest BCUT2D eigenvalue weighted by molar-refractivity contribution is 5.86. The van der Waals surface area contributed by atoms with Crippen LogP contribution in [-0.4, -0.2) is 32.3 Å². The molecular formula is C14H21NO4. The van der Waals surface area contributed by atoms with Gasteiger partial charge in [-0.05, 0) is 37.9 Å². The number of hydrogen-bond donors (Lipinski definition) is 1. The van der Waals surface area contributed by atoms with E-state index in [1.54, 1.807) is 6.07 Å². The van der Waals surface area contributed by atoms with Crippen LogP contribution in [0.2, 0.25) is 0 Å². The molecule has 1 N–H and O–H groups in total. The van der Waals surface area contributed by atoms with Crippen molar-refractivity contribution in [1.82, 2.24) is 5.32 Å². The van der Waals surface area contributed by atoms with Gasteiger partial charge in [-0.15, -0.1) is 0 Å². The summed E-state index contributed by atoms with van der Waals surface area (Å²) in [6.45, 7) is 3.65. The first kappa shape index (κ1) is 14.1. The molecule has 0 amide bonds. The second kappa shape index (κ2) is 6.73. The van der Waals surface area contributed by atoms with Crippen molar-refractivity contribution >= 4 is 5.97 Å². The lowest BCUT2D eigenvalue weighted by molar-refractivity contribution is -0.0126. The van der Waals surface area contributed by atoms with Crippen LogP contribution in [0.15, 0.2) is 16.5 Å². The van der Waals surface area contributed by atoms with Crippen molar-refractivity contribution in [3.8, 4) is 0 Å². The Kier molecular flexibility index (Phi) is 4.99. The number of furan rings is 1. The van der Waals surface area contributed by atoms with Gasteiger partial charge in [0.2, 0.25) is 5.76 Å². The van der Waals surface area contributed by atoms with Crippen molar-refractivity contribution in [3.63, 3.8) is 0 Å². The van der Waals surface area contributed by atoms with Gasteiger partial charge in [-0.25, -0.2) is 4.79 Å². The molecule has 1 aromatic heterocycles. The molecule has 0 aliphatic carbocycles. The molecule has 19 heavy (non-hydrogen) atoms. The maximum Gasteiger partial charge on any atom is 0.373 e. The largest absolute Gasteiger partial charge is 0.463 e. The second-order valence-electron chi connectivity index (χ2n) is 4.63. The molecule has 2 heterocycles. The van der Waals surface area contributed by atoms with Crippen LogP contribution in [0.1, 0.15) is 48.5 Å². The van der Waals surface area contributed by atoms with Crippen molar-refractivity contribution in [1.29, 1.82) is 0 Å². The molecule has 5 nitrogen and oxygen atoms in total. The predicted molar refractivity (Wildman–Crippen MR) is 70.1 cm³/mol. The van der Waals surface area contributed by atoms with Crippen LogP contribution in [0.3, 0.4) is 0 Å². The van der Waals surface area contributed by atoms with Crippen LogP contribution in [0, 0.1) is 0 Å². The zero-order valence-corrected chi connectivity index (χ0v) is 11.5. The van der Waals surface area contributed by atoms with E-state index in [0.29, 0.717) is 0 Å². The number of carbonyl (C=O) groups excluding carboxylic acids is 1. The lowest BCUT2D eigenvalue weighted by Crippen LogP contribution is -2.35. The number of ether oxygens (including phenoxy) is 2. The van der Waals surface area contributed by atoms with Crippen molar-refractivity contribution in [2.24, 2.45) is 0 Å². The summed E-state index contributed by atoms with van der Waals surface area (Å²) in [6, 6.07) is 3.45. The first-order valence-corrected chi connectivity index (χ1v) is 6.79. The Balaban J connectivity index is 2.13. The molecule has 1 saturated heterocycles. The molecule has 0 bridgehead atoms. The molecule has 1 fully saturated rings. The Labute approximate surface area is 113 Å². The predicted octanol–water partition coefficient (Wildman–Crippen LogP) is 2.29. The topological polar surface area (TPSA) is 60.7 Å². The number of hydrogen-bond acceptors (Lipinski definition) is 5. The maximum atomic E-state index is 11.4. The Morgan fingerprint density at radius 1 is 1.53 bits per heavy atom. The van der Waals surface area contributed by atoms with Crippen LogP contribution >= 0.6 is 0 Å². The smallest absolute Gasteiger partial charge is 0.373 e. The normalized spacial score (nSPS) is 21.1. The minimum atomic E-state index is -0.453. The highest BCUT2D eigenvalue weighted by atomic mass is 16.5. The van der Waals surface area contributed by atoms with Gasteiger partial charge < -0.3 is 19.2 Å². The lowest BCUT2D eigenvalue weighted by atomic mass is 10.00. The third-order valence-electron chi connectivity index (χ3n) is 3.33. The molecule has 1 aliphatic rings. The summed E-state index contributed by atoms with van der Waals surface area (Å²) in [7, 11) is 1.34. The van der Waals surface area contributed by atoms with Crippen LogP contribution in [-0.2, 0) is 9.47 Å². The number of nitrogens with one attached hydrogen (secondary N) is 1. The molecule has 106 valence electrons. The Bertz CT molecular complexity index is 409. The Hall–Kier alpha value is -1.33. The number of carbonyl (C=O) groups is 1. The summed E-state index contributed by atoms with van der Waals surface area (Å²) in [6.07, 6.45) is 3.38. The zero-order chi connectivity index (χ0) is 13.7. The van der Waals surface area contributed by atoms with Gasteiger partial charge in [-0.1, -0.05) is 6.92 Å². The number of likely N-dealkylation sites (N-methyl/N-ethyl adjacent to an activating group) is 1. The molecule has 1 aromatic rings. The van der Waals surface area contributed by atoms with E-state index in [0.717, 1.165) is 38.2 Å². The van der Waals surface area contributed by atoms with Gasteiger partial charge in [0.1, 0.15) is 5.76 Å². The first-order chi connectivity index (χ1) is 9.26. The second-order valence-corrected chi connectivity index (χ2v) is 4.63. The maximum absolute atomic E-state index is 11.4. The third kappa shape index (κ3) is 3.36. The summed E-state index contributed by atoms with van der Waals surface area (Å²) < 4.78 is 16.0. The fourth-order valence-corrected chi connectivity index (χ4v) is 2.39. The molecule has 2 rings (SSSR count). The fourth-order valence-electron chi connectivity index (χ4n) is 2.39. The Morgan fingerprint density at radius 2 is 2.37 bits per heavy atom. The molecule has 2 atom stereocenters. The molecule has 2 unspecified atom stereocenters. The number of esters is 1. The van der Waals surface area contributed by atoms with Crippen LogP contribution in [0.5, 0.6) is 0 Å². The van der Waals surface area contributed by atoms with E-state index < -0.39 is 5.97 Å². The standard InChI is InChI=1S/C14H21NO4/c1-3-15-13(10-6-4-5-9-18-10)11-7-8-12(19-11)14(16)17-2/h7-8,10,13,15H,3-6,9H2,1-2H3. The van der Waals surface area contributed by atoms with E-state index in [4.69, 9.17) is 9.15 Å². The van der Waals surface area contributed by atoms with Crippen molar-refractivity contribution < 1.29 is 18.7 Å². The molecule has 0 saturated carbocycles. The summed E-state index contributed by atoms with van der Waals surface area (Å²) in [5, 5.41) is 3.37. The van der Waals surface area contributed by atoms with Gasteiger partial charge in [0.05, 0.1) is 19.3 Å². The molecule has 0 spiro atoms. The van der Waals surface area contributed by atoms with Gasteiger partial charge in [-0.2, -0.15) is 0 Å². The number of methoxy groups -OCH3 is 1. The third-order valence-corrected chi connectivity index (χ3v) is 3.33. The highest BCUT2D eigenvalue weighted by Gasteiger charge is 2.28. The van der Waals surface area contributed by atoms with Crippen molar-refractivity contribution in [3.05, 3.63) is 23.7 Å². The summed E-state index contributed by atoms with van der Waals surface area (Å²) in [4.78, 5) is 11.4. The van der Waals surface area contributed by atoms with Gasteiger partial charge in [0.15, 0.2) is 0 Å². The van der Waals surface area contributed by atoms with E-state index in [9.17, 15) is 4.79 Å². The van der Waals surface area contributed by atoms with E-state index in [-0.39, 0.29) is 17.9 Å². The van der Waals surface area contributed by atoms with E-state index in [1.807, 2.05) is 13.0 Å². The highest BCUT2D eigenvalue weighted by Crippen LogP contribution is 2.27. The van der Waals surface area contributed by atoms with Crippen LogP contribution in [0.25, 0.3) is 0 Å². The van der Waals surface area contributed by atoms with Crippen LogP contribution < -0.4 is 5.32 Å². The lowest BCUT2D eigenvalue weighted by Gasteiger charge is -2.29. The van der Waals surface area contributed by atoms with E-state index in [2.05, 4.69) is 10.1 Å². The van der Waals surface area contributed by atoms with Gasteiger partial charge in [0, 0.05) is 6.61 Å². The fraction of sp³-hybridized carbons (Fsp3) is 0.643. The summed E-state index contributed by atoms with van der Waals surface area (Å²) in [5.74, 6) is 0.511. The SMILES string of the molecule is CCNC(c1ccc(C(=O)OC)o1)C1CCCCO1. The summed E-state index contributed by atoms with van der Waals surface area (Å²) >= 11 is 0. The first-order valence-electron chi connectivity index (χ1n) is 6.79. The van der Waals surface area contributed by atoms with Crippen LogP contribution in [0.4, 0.5) is 0 Å². The van der Waals surface area contributed by atoms with Crippen molar-refractivity contribution in [2.75, 3.05) is 20.3 Å². The zero-order valence-electron chi connectivity index (χ0n) is 11.5. The molecule has 0 aromatic carbocycles. The number of rotatable bonds is 5. The molecule has 0 radical (unpaired) electrons. The van der Waals surface area contributed by atoms with Crippen molar-refractivity contribution in [2.45, 2.75) is 38.3 Å². The minimum absolute atomic E-state index is 0.0105.